The summed E-state index contributed by atoms with van der Waals surface area (Å²) in [4.78, 5) is 15.1. The molecule has 0 bridgehead atoms. The number of sulfonamides is 1. The number of hydrogen-bond acceptors (Lipinski definition) is 5. The molecule has 8 heteroatoms. The summed E-state index contributed by atoms with van der Waals surface area (Å²) in [7, 11) is -3.89. The fraction of sp³-hybridized carbons (Fsp3) is 0.269. The molecule has 0 spiro atoms. The molecular formula is C26H28N2O5S. The van der Waals surface area contributed by atoms with Gasteiger partial charge in [-0.1, -0.05) is 43.3 Å². The lowest BCUT2D eigenvalue weighted by Gasteiger charge is -2.22. The molecule has 4 rings (SSSR count). The number of fused-ring (bicyclic) bond motifs is 1. The van der Waals surface area contributed by atoms with E-state index in [0.717, 1.165) is 18.4 Å². The molecule has 1 aliphatic heterocycles. The van der Waals surface area contributed by atoms with Crippen molar-refractivity contribution in [1.82, 2.24) is 4.90 Å². The summed E-state index contributed by atoms with van der Waals surface area (Å²) in [5.74, 6) is 0.779. The van der Waals surface area contributed by atoms with E-state index in [1.165, 1.54) is 12.1 Å². The molecule has 3 aromatic rings. The van der Waals surface area contributed by atoms with E-state index in [1.54, 1.807) is 35.2 Å². The molecular weight excluding hydrogens is 452 g/mol. The first-order valence-corrected chi connectivity index (χ1v) is 12.8. The Bertz CT molecular complexity index is 1250. The van der Waals surface area contributed by atoms with Crippen LogP contribution >= 0.6 is 0 Å². The van der Waals surface area contributed by atoms with Crippen LogP contribution in [0.2, 0.25) is 0 Å². The lowest BCUT2D eigenvalue weighted by molar-refractivity contribution is 0.0743. The van der Waals surface area contributed by atoms with Crippen LogP contribution in [0.5, 0.6) is 11.5 Å². The van der Waals surface area contributed by atoms with Gasteiger partial charge in [-0.2, -0.15) is 0 Å². The molecule has 1 amide bonds. The monoisotopic (exact) mass is 480 g/mol. The zero-order chi connectivity index (χ0) is 24.0. The average molecular weight is 481 g/mol. The minimum Gasteiger partial charge on any atom is -0.490 e. The van der Waals surface area contributed by atoms with Crippen molar-refractivity contribution in [2.45, 2.75) is 31.2 Å². The van der Waals surface area contributed by atoms with Gasteiger partial charge in [-0.3, -0.25) is 9.52 Å². The Morgan fingerprint density at radius 1 is 0.941 bits per heavy atom. The van der Waals surface area contributed by atoms with Gasteiger partial charge in [0.2, 0.25) is 0 Å². The molecule has 0 atom stereocenters. The lowest BCUT2D eigenvalue weighted by atomic mass is 10.1. The predicted octanol–water partition coefficient (Wildman–Crippen LogP) is 4.70. The van der Waals surface area contributed by atoms with Gasteiger partial charge in [0.25, 0.3) is 15.9 Å². The molecule has 0 aliphatic carbocycles. The van der Waals surface area contributed by atoms with Gasteiger partial charge >= 0.3 is 0 Å². The topological polar surface area (TPSA) is 84.9 Å². The Hall–Kier alpha value is -3.52. The van der Waals surface area contributed by atoms with E-state index in [0.29, 0.717) is 49.1 Å². The van der Waals surface area contributed by atoms with Crippen LogP contribution in [0.3, 0.4) is 0 Å². The lowest BCUT2D eigenvalue weighted by Crippen LogP contribution is -2.31. The number of anilines is 1. The maximum atomic E-state index is 13.2. The number of carbonyl (C=O) groups excluding carboxylic acids is 1. The Labute approximate surface area is 200 Å². The molecule has 0 aromatic heterocycles. The van der Waals surface area contributed by atoms with Crippen LogP contribution in [-0.4, -0.2) is 39.0 Å². The highest BCUT2D eigenvalue weighted by atomic mass is 32.2. The van der Waals surface area contributed by atoms with E-state index in [4.69, 9.17) is 9.47 Å². The number of amides is 1. The molecule has 1 heterocycles. The van der Waals surface area contributed by atoms with Crippen molar-refractivity contribution < 1.29 is 22.7 Å². The Morgan fingerprint density at radius 2 is 1.71 bits per heavy atom. The predicted molar refractivity (Wildman–Crippen MR) is 131 cm³/mol. The van der Waals surface area contributed by atoms with E-state index < -0.39 is 10.0 Å². The molecule has 0 saturated heterocycles. The third kappa shape index (κ3) is 5.69. The molecule has 1 N–H and O–H groups in total. The number of benzene rings is 3. The maximum Gasteiger partial charge on any atom is 0.262 e. The average Bonchev–Trinajstić information content (AvgIpc) is 3.09. The van der Waals surface area contributed by atoms with Crippen molar-refractivity contribution in [3.05, 3.63) is 83.9 Å². The van der Waals surface area contributed by atoms with E-state index in [1.807, 2.05) is 37.3 Å². The van der Waals surface area contributed by atoms with Crippen molar-refractivity contribution in [2.24, 2.45) is 0 Å². The number of ether oxygens (including phenoxy) is 2. The fourth-order valence-electron chi connectivity index (χ4n) is 3.75. The molecule has 1 aliphatic rings. The van der Waals surface area contributed by atoms with Gasteiger partial charge in [-0.15, -0.1) is 0 Å². The summed E-state index contributed by atoms with van der Waals surface area (Å²) >= 11 is 0. The van der Waals surface area contributed by atoms with E-state index >= 15 is 0 Å². The first kappa shape index (κ1) is 23.6. The Kier molecular flexibility index (Phi) is 7.37. The second-order valence-corrected chi connectivity index (χ2v) is 9.74. The van der Waals surface area contributed by atoms with Crippen molar-refractivity contribution in [3.63, 3.8) is 0 Å². The first-order chi connectivity index (χ1) is 16.5. The minimum atomic E-state index is -3.89. The minimum absolute atomic E-state index is 0.0603. The van der Waals surface area contributed by atoms with Gasteiger partial charge in [0.1, 0.15) is 0 Å². The Morgan fingerprint density at radius 3 is 2.47 bits per heavy atom. The van der Waals surface area contributed by atoms with Crippen molar-refractivity contribution in [3.8, 4) is 11.5 Å². The molecule has 34 heavy (non-hydrogen) atoms. The van der Waals surface area contributed by atoms with Crippen LogP contribution in [-0.2, 0) is 16.6 Å². The third-order valence-corrected chi connectivity index (χ3v) is 6.77. The number of rotatable bonds is 8. The van der Waals surface area contributed by atoms with E-state index in [-0.39, 0.29) is 10.8 Å². The number of nitrogens with one attached hydrogen (secondary N) is 1. The molecule has 0 radical (unpaired) electrons. The normalized spacial score (nSPS) is 13.1. The summed E-state index contributed by atoms with van der Waals surface area (Å²) in [6, 6.07) is 20.9. The molecule has 3 aromatic carbocycles. The van der Waals surface area contributed by atoms with Crippen LogP contribution in [0.25, 0.3) is 0 Å². The summed E-state index contributed by atoms with van der Waals surface area (Å²) in [5.41, 5.74) is 1.77. The van der Waals surface area contributed by atoms with Crippen LogP contribution < -0.4 is 14.2 Å². The SMILES string of the molecule is CCCN(Cc1ccccc1)C(=O)c1cccc(NS(=O)(=O)c2ccc3c(c2)OCCCO3)c1. The second-order valence-electron chi connectivity index (χ2n) is 8.06. The van der Waals surface area contributed by atoms with Crippen LogP contribution in [0.4, 0.5) is 5.69 Å². The van der Waals surface area contributed by atoms with Crippen molar-refractivity contribution >= 4 is 21.6 Å². The molecule has 178 valence electrons. The Balaban J connectivity index is 1.53. The largest absolute Gasteiger partial charge is 0.490 e. The number of carbonyl (C=O) groups is 1. The van der Waals surface area contributed by atoms with Gasteiger partial charge in [0, 0.05) is 36.8 Å². The fourth-order valence-corrected chi connectivity index (χ4v) is 4.81. The molecule has 7 nitrogen and oxygen atoms in total. The highest BCUT2D eigenvalue weighted by molar-refractivity contribution is 7.92. The van der Waals surface area contributed by atoms with Crippen LogP contribution in [0.15, 0.2) is 77.7 Å². The van der Waals surface area contributed by atoms with Gasteiger partial charge < -0.3 is 14.4 Å². The summed E-state index contributed by atoms with van der Waals surface area (Å²) in [6.45, 7) is 4.09. The summed E-state index contributed by atoms with van der Waals surface area (Å²) in [5, 5.41) is 0. The van der Waals surface area contributed by atoms with Crippen LogP contribution in [0, 0.1) is 0 Å². The molecule has 0 saturated carbocycles. The molecule has 0 unspecified atom stereocenters. The van der Waals surface area contributed by atoms with Crippen molar-refractivity contribution in [2.75, 3.05) is 24.5 Å². The number of hydrogen-bond donors (Lipinski definition) is 1. The van der Waals surface area contributed by atoms with Gasteiger partial charge in [0.05, 0.1) is 18.1 Å². The first-order valence-electron chi connectivity index (χ1n) is 11.3. The summed E-state index contributed by atoms with van der Waals surface area (Å²) < 4.78 is 39.8. The number of nitrogens with zero attached hydrogens (tertiary/aromatic N) is 1. The standard InChI is InChI=1S/C26H28N2O5S/c1-2-14-28(19-20-8-4-3-5-9-20)26(29)21-10-6-11-22(17-21)27-34(30,31)23-12-13-24-25(18-23)33-16-7-15-32-24/h3-6,8-13,17-18,27H,2,7,14-16,19H2,1H3. The quantitative estimate of drug-likeness (QED) is 0.505. The second kappa shape index (κ2) is 10.6. The van der Waals surface area contributed by atoms with E-state index in [2.05, 4.69) is 4.72 Å². The summed E-state index contributed by atoms with van der Waals surface area (Å²) in [6.07, 6.45) is 1.55. The highest BCUT2D eigenvalue weighted by Crippen LogP contribution is 2.32. The zero-order valence-electron chi connectivity index (χ0n) is 19.1. The highest BCUT2D eigenvalue weighted by Gasteiger charge is 2.21. The van der Waals surface area contributed by atoms with Crippen molar-refractivity contribution in [1.29, 1.82) is 0 Å². The third-order valence-electron chi connectivity index (χ3n) is 5.39. The zero-order valence-corrected chi connectivity index (χ0v) is 19.9. The van der Waals surface area contributed by atoms with Crippen LogP contribution in [0.1, 0.15) is 35.7 Å². The molecule has 0 fully saturated rings. The maximum absolute atomic E-state index is 13.2. The van der Waals surface area contributed by atoms with E-state index in [9.17, 15) is 13.2 Å². The smallest absolute Gasteiger partial charge is 0.262 e. The van der Waals surface area contributed by atoms with Gasteiger partial charge in [-0.25, -0.2) is 8.42 Å². The van der Waals surface area contributed by atoms with Gasteiger partial charge in [0.15, 0.2) is 11.5 Å². The van der Waals surface area contributed by atoms with Gasteiger partial charge in [-0.05, 0) is 42.3 Å².